The van der Waals surface area contributed by atoms with Gasteiger partial charge in [0.1, 0.15) is 0 Å². The summed E-state index contributed by atoms with van der Waals surface area (Å²) in [7, 11) is 0. The zero-order valence-corrected chi connectivity index (χ0v) is 10.7. The Bertz CT molecular complexity index is 365. The standard InChI is InChI=1S/C8H7IN2S2/c1-12-8-10-6-3-2-5(9)4-7(6)13-11-8/h2-4H,1H3,(H,10,11). The maximum Gasteiger partial charge on any atom is 0.173 e. The van der Waals surface area contributed by atoms with Crippen molar-refractivity contribution in [2.45, 2.75) is 4.90 Å². The Kier molecular flexibility index (Phi) is 3.05. The van der Waals surface area contributed by atoms with Gasteiger partial charge in [0.15, 0.2) is 5.17 Å². The number of anilines is 1. The highest BCUT2D eigenvalue weighted by Gasteiger charge is 2.11. The Hall–Kier alpha value is 0.120. The molecule has 0 saturated carbocycles. The van der Waals surface area contributed by atoms with Crippen molar-refractivity contribution in [2.24, 2.45) is 4.40 Å². The number of fused-ring (bicyclic) bond motifs is 1. The van der Waals surface area contributed by atoms with E-state index >= 15 is 0 Å². The summed E-state index contributed by atoms with van der Waals surface area (Å²) in [5.74, 6) is 0. The quantitative estimate of drug-likeness (QED) is 0.585. The number of hydrogen-bond acceptors (Lipinski definition) is 4. The largest absolute Gasteiger partial charge is 0.333 e. The van der Waals surface area contributed by atoms with Crippen LogP contribution in [0.5, 0.6) is 0 Å². The molecule has 0 saturated heterocycles. The van der Waals surface area contributed by atoms with Gasteiger partial charge in [-0.3, -0.25) is 0 Å². The van der Waals surface area contributed by atoms with Crippen LogP contribution in [0.15, 0.2) is 27.5 Å². The molecular formula is C8H7IN2S2. The number of nitrogens with one attached hydrogen (secondary N) is 1. The molecule has 1 aromatic rings. The van der Waals surface area contributed by atoms with Crippen LogP contribution in [0.4, 0.5) is 5.69 Å². The number of nitrogens with zero attached hydrogens (tertiary/aromatic N) is 1. The van der Waals surface area contributed by atoms with Crippen molar-refractivity contribution >= 4 is 57.2 Å². The predicted molar refractivity (Wildman–Crippen MR) is 69.6 cm³/mol. The van der Waals surface area contributed by atoms with Crippen molar-refractivity contribution in [3.05, 3.63) is 21.8 Å². The summed E-state index contributed by atoms with van der Waals surface area (Å²) in [6, 6.07) is 6.32. The average Bonchev–Trinajstić information content (AvgIpc) is 2.17. The third-order valence-electron chi connectivity index (χ3n) is 1.61. The van der Waals surface area contributed by atoms with E-state index in [2.05, 4.69) is 50.5 Å². The maximum atomic E-state index is 4.31. The third kappa shape index (κ3) is 2.13. The van der Waals surface area contributed by atoms with Crippen LogP contribution < -0.4 is 5.32 Å². The molecule has 0 radical (unpaired) electrons. The van der Waals surface area contributed by atoms with Gasteiger partial charge in [-0.2, -0.15) is 4.40 Å². The topological polar surface area (TPSA) is 24.4 Å². The molecule has 0 aliphatic carbocycles. The molecule has 1 aliphatic rings. The van der Waals surface area contributed by atoms with Crippen LogP contribution in [0.1, 0.15) is 0 Å². The summed E-state index contributed by atoms with van der Waals surface area (Å²) < 4.78 is 5.56. The number of benzene rings is 1. The number of hydrogen-bond donors (Lipinski definition) is 1. The van der Waals surface area contributed by atoms with Crippen LogP contribution in [-0.4, -0.2) is 11.4 Å². The zero-order chi connectivity index (χ0) is 9.26. The lowest BCUT2D eigenvalue weighted by Crippen LogP contribution is -2.10. The summed E-state index contributed by atoms with van der Waals surface area (Å²) in [5.41, 5.74) is 1.16. The summed E-state index contributed by atoms with van der Waals surface area (Å²) in [6.45, 7) is 0. The maximum absolute atomic E-state index is 4.31. The Balaban J connectivity index is 2.33. The van der Waals surface area contributed by atoms with Gasteiger partial charge in [-0.05, 0) is 47.0 Å². The highest BCUT2D eigenvalue weighted by molar-refractivity contribution is 14.1. The van der Waals surface area contributed by atoms with E-state index < -0.39 is 0 Å². The molecule has 0 amide bonds. The summed E-state index contributed by atoms with van der Waals surface area (Å²) in [6.07, 6.45) is 2.02. The molecule has 1 aromatic carbocycles. The second kappa shape index (κ2) is 4.10. The smallest absolute Gasteiger partial charge is 0.173 e. The van der Waals surface area contributed by atoms with Crippen LogP contribution >= 0.6 is 46.3 Å². The van der Waals surface area contributed by atoms with Gasteiger partial charge in [0.05, 0.1) is 10.6 Å². The summed E-state index contributed by atoms with van der Waals surface area (Å²) in [4.78, 5) is 1.20. The lowest BCUT2D eigenvalue weighted by atomic mass is 10.3. The van der Waals surface area contributed by atoms with Gasteiger partial charge in [-0.15, -0.1) is 0 Å². The lowest BCUT2D eigenvalue weighted by Gasteiger charge is -2.15. The Labute approximate surface area is 99.2 Å². The molecule has 0 aromatic heterocycles. The fraction of sp³-hybridized carbons (Fsp3) is 0.125. The minimum absolute atomic E-state index is 0.971. The molecule has 2 rings (SSSR count). The Morgan fingerprint density at radius 1 is 1.54 bits per heavy atom. The van der Waals surface area contributed by atoms with Gasteiger partial charge in [0, 0.05) is 15.5 Å². The van der Waals surface area contributed by atoms with E-state index in [0.717, 1.165) is 10.9 Å². The number of halogens is 1. The third-order valence-corrected chi connectivity index (χ3v) is 3.78. The van der Waals surface area contributed by atoms with Crippen molar-refractivity contribution in [3.63, 3.8) is 0 Å². The van der Waals surface area contributed by atoms with Crippen LogP contribution in [0.3, 0.4) is 0 Å². The average molecular weight is 322 g/mol. The van der Waals surface area contributed by atoms with E-state index in [4.69, 9.17) is 0 Å². The van der Waals surface area contributed by atoms with Crippen LogP contribution in [0.2, 0.25) is 0 Å². The van der Waals surface area contributed by atoms with E-state index in [1.54, 1.807) is 11.8 Å². The van der Waals surface area contributed by atoms with E-state index in [1.165, 1.54) is 20.4 Å². The summed E-state index contributed by atoms with van der Waals surface area (Å²) in [5, 5.41) is 4.23. The monoisotopic (exact) mass is 322 g/mol. The molecule has 0 atom stereocenters. The fourth-order valence-corrected chi connectivity index (χ4v) is 2.94. The number of rotatable bonds is 0. The van der Waals surface area contributed by atoms with Gasteiger partial charge in [0.2, 0.25) is 0 Å². The molecular weight excluding hydrogens is 315 g/mol. The second-order valence-electron chi connectivity index (χ2n) is 2.46. The number of amidine groups is 1. The fourth-order valence-electron chi connectivity index (χ4n) is 0.992. The van der Waals surface area contributed by atoms with Crippen molar-refractivity contribution in [2.75, 3.05) is 11.6 Å². The molecule has 0 bridgehead atoms. The number of thioether (sulfide) groups is 1. The predicted octanol–water partition coefficient (Wildman–Crippen LogP) is 3.44. The first-order valence-corrected chi connectivity index (χ1v) is 6.73. The van der Waals surface area contributed by atoms with Crippen molar-refractivity contribution < 1.29 is 0 Å². The molecule has 1 heterocycles. The van der Waals surface area contributed by atoms with Gasteiger partial charge < -0.3 is 5.32 Å². The van der Waals surface area contributed by atoms with Gasteiger partial charge >= 0.3 is 0 Å². The minimum Gasteiger partial charge on any atom is -0.333 e. The first kappa shape index (κ1) is 9.67. The van der Waals surface area contributed by atoms with Gasteiger partial charge in [0.25, 0.3) is 0 Å². The molecule has 68 valence electrons. The first-order valence-electron chi connectivity index (χ1n) is 3.65. The summed E-state index contributed by atoms with van der Waals surface area (Å²) >= 11 is 5.47. The van der Waals surface area contributed by atoms with Crippen LogP contribution in [-0.2, 0) is 0 Å². The molecule has 0 unspecified atom stereocenters. The van der Waals surface area contributed by atoms with Gasteiger partial charge in [-0.25, -0.2) is 0 Å². The van der Waals surface area contributed by atoms with Crippen LogP contribution in [0.25, 0.3) is 0 Å². The first-order chi connectivity index (χ1) is 6.29. The normalized spacial score (nSPS) is 14.5. The SMILES string of the molecule is CSC1=NSc2cc(I)ccc2N1. The molecule has 1 N–H and O–H groups in total. The molecule has 5 heteroatoms. The second-order valence-corrected chi connectivity index (χ2v) is 5.30. The zero-order valence-electron chi connectivity index (χ0n) is 6.87. The van der Waals surface area contributed by atoms with Crippen molar-refractivity contribution in [1.82, 2.24) is 0 Å². The van der Waals surface area contributed by atoms with E-state index in [0.29, 0.717) is 0 Å². The Morgan fingerprint density at radius 3 is 3.15 bits per heavy atom. The molecule has 0 fully saturated rings. The van der Waals surface area contributed by atoms with E-state index in [-0.39, 0.29) is 0 Å². The molecule has 0 spiro atoms. The van der Waals surface area contributed by atoms with Crippen molar-refractivity contribution in [3.8, 4) is 0 Å². The molecule has 13 heavy (non-hydrogen) atoms. The molecule has 2 nitrogen and oxygen atoms in total. The van der Waals surface area contributed by atoms with Gasteiger partial charge in [-0.1, -0.05) is 11.8 Å². The highest BCUT2D eigenvalue weighted by Crippen LogP contribution is 2.34. The minimum atomic E-state index is 0.971. The molecule has 1 aliphatic heterocycles. The van der Waals surface area contributed by atoms with Crippen molar-refractivity contribution in [1.29, 1.82) is 0 Å². The lowest BCUT2D eigenvalue weighted by molar-refractivity contribution is 1.40. The van der Waals surface area contributed by atoms with E-state index in [9.17, 15) is 0 Å². The van der Waals surface area contributed by atoms with Crippen LogP contribution in [0, 0.1) is 3.57 Å². The van der Waals surface area contributed by atoms with E-state index in [1.807, 2.05) is 6.26 Å². The highest BCUT2D eigenvalue weighted by atomic mass is 127. The Morgan fingerprint density at radius 2 is 2.38 bits per heavy atom.